The van der Waals surface area contributed by atoms with Gasteiger partial charge in [-0.15, -0.1) is 0 Å². The molecule has 0 bridgehead atoms. The van der Waals surface area contributed by atoms with Crippen LogP contribution in [0.15, 0.2) is 42.5 Å². The minimum Gasteiger partial charge on any atom is -0.324 e. The Morgan fingerprint density at radius 3 is 2.21 bits per heavy atom. The highest BCUT2D eigenvalue weighted by atomic mass is 35.5. The van der Waals surface area contributed by atoms with E-state index in [4.69, 9.17) is 16.4 Å². The second-order valence-electron chi connectivity index (χ2n) is 5.56. The van der Waals surface area contributed by atoms with E-state index in [1.165, 1.54) is 0 Å². The summed E-state index contributed by atoms with van der Waals surface area (Å²) in [5.41, 5.74) is 5.35. The summed E-state index contributed by atoms with van der Waals surface area (Å²) in [6, 6.07) is 12.2. The molecule has 0 aliphatic rings. The predicted molar refractivity (Wildman–Crippen MR) is 94.0 cm³/mol. The van der Waals surface area contributed by atoms with Crippen LogP contribution >= 0.6 is 11.6 Å². The Balaban J connectivity index is 1.89. The van der Waals surface area contributed by atoms with Gasteiger partial charge in [0.2, 0.25) is 0 Å². The third-order valence-corrected chi connectivity index (χ3v) is 3.55. The van der Waals surface area contributed by atoms with Crippen LogP contribution in [-0.4, -0.2) is 17.9 Å². The van der Waals surface area contributed by atoms with E-state index in [0.29, 0.717) is 16.3 Å². The molecule has 0 radical (unpaired) electrons. The van der Waals surface area contributed by atoms with Crippen LogP contribution in [0.1, 0.15) is 28.4 Å². The van der Waals surface area contributed by atoms with E-state index in [1.54, 1.807) is 43.3 Å². The number of halogens is 1. The first-order valence-electron chi connectivity index (χ1n) is 7.46. The molecule has 0 saturated carbocycles. The van der Waals surface area contributed by atoms with Gasteiger partial charge in [-0.2, -0.15) is 0 Å². The van der Waals surface area contributed by atoms with Crippen molar-refractivity contribution in [3.05, 3.63) is 64.2 Å². The van der Waals surface area contributed by atoms with Gasteiger partial charge in [-0.05, 0) is 57.2 Å². The van der Waals surface area contributed by atoms with Gasteiger partial charge in [-0.3, -0.25) is 14.4 Å². The van der Waals surface area contributed by atoms with Crippen LogP contribution in [0.25, 0.3) is 0 Å². The zero-order valence-corrected chi connectivity index (χ0v) is 14.5. The molecule has 0 fully saturated rings. The zero-order chi connectivity index (χ0) is 17.7. The summed E-state index contributed by atoms with van der Waals surface area (Å²) >= 11 is 5.79. The molecule has 2 N–H and O–H groups in total. The standard InChI is InChI=1S/C18H19ClN2O3/c1-11-8-12(2)10-14(9-11)18(23)21-24-13(3)17(22)20-16-6-4-15(19)5-7-16/h4-10,13H,1-3H3,(H,20,22)(H,21,23). The highest BCUT2D eigenvalue weighted by Crippen LogP contribution is 2.14. The minimum atomic E-state index is -0.851. The molecule has 126 valence electrons. The molecule has 2 amide bonds. The lowest BCUT2D eigenvalue weighted by molar-refractivity contribution is -0.129. The smallest absolute Gasteiger partial charge is 0.274 e. The van der Waals surface area contributed by atoms with Gasteiger partial charge in [0.15, 0.2) is 6.10 Å². The van der Waals surface area contributed by atoms with Crippen molar-refractivity contribution in [2.45, 2.75) is 26.9 Å². The molecule has 2 aromatic carbocycles. The lowest BCUT2D eigenvalue weighted by Crippen LogP contribution is -2.35. The summed E-state index contributed by atoms with van der Waals surface area (Å²) < 4.78 is 0. The second-order valence-corrected chi connectivity index (χ2v) is 6.00. The largest absolute Gasteiger partial charge is 0.324 e. The Kier molecular flexibility index (Phi) is 5.95. The molecule has 6 heteroatoms. The lowest BCUT2D eigenvalue weighted by atomic mass is 10.1. The average Bonchev–Trinajstić information content (AvgIpc) is 2.53. The summed E-state index contributed by atoms with van der Waals surface area (Å²) in [4.78, 5) is 29.3. The molecule has 5 nitrogen and oxygen atoms in total. The highest BCUT2D eigenvalue weighted by Gasteiger charge is 2.16. The first-order valence-corrected chi connectivity index (χ1v) is 7.83. The van der Waals surface area contributed by atoms with Crippen molar-refractivity contribution in [3.63, 3.8) is 0 Å². The maximum Gasteiger partial charge on any atom is 0.274 e. The predicted octanol–water partition coefficient (Wildman–Crippen LogP) is 3.65. The normalized spacial score (nSPS) is 11.7. The van der Waals surface area contributed by atoms with Crippen molar-refractivity contribution in [3.8, 4) is 0 Å². The van der Waals surface area contributed by atoms with Gasteiger partial charge in [-0.1, -0.05) is 28.8 Å². The van der Waals surface area contributed by atoms with Crippen molar-refractivity contribution in [2.75, 3.05) is 5.32 Å². The molecule has 0 aromatic heterocycles. The molecule has 2 rings (SSSR count). The molecule has 1 unspecified atom stereocenters. The van der Waals surface area contributed by atoms with Gasteiger partial charge in [0.05, 0.1) is 0 Å². The van der Waals surface area contributed by atoms with Crippen LogP contribution in [-0.2, 0) is 9.63 Å². The molecule has 0 spiro atoms. The van der Waals surface area contributed by atoms with Gasteiger partial charge in [0.1, 0.15) is 0 Å². The van der Waals surface area contributed by atoms with Crippen LogP contribution in [0.3, 0.4) is 0 Å². The Bertz CT molecular complexity index is 724. The SMILES string of the molecule is Cc1cc(C)cc(C(=O)NOC(C)C(=O)Nc2ccc(Cl)cc2)c1. The van der Waals surface area contributed by atoms with Crippen molar-refractivity contribution >= 4 is 29.1 Å². The monoisotopic (exact) mass is 346 g/mol. The lowest BCUT2D eigenvalue weighted by Gasteiger charge is -2.14. The summed E-state index contributed by atoms with van der Waals surface area (Å²) in [5, 5.41) is 3.26. The molecule has 0 aliphatic heterocycles. The number of hydroxylamine groups is 1. The number of rotatable bonds is 5. The minimum absolute atomic E-state index is 0.377. The molecule has 0 saturated heterocycles. The summed E-state index contributed by atoms with van der Waals surface area (Å²) in [7, 11) is 0. The Morgan fingerprint density at radius 1 is 1.04 bits per heavy atom. The van der Waals surface area contributed by atoms with E-state index in [2.05, 4.69) is 10.8 Å². The van der Waals surface area contributed by atoms with Crippen LogP contribution in [0.5, 0.6) is 0 Å². The van der Waals surface area contributed by atoms with E-state index < -0.39 is 12.0 Å². The third-order valence-electron chi connectivity index (χ3n) is 3.29. The fourth-order valence-electron chi connectivity index (χ4n) is 2.14. The number of carbonyl (C=O) groups excluding carboxylic acids is 2. The number of benzene rings is 2. The van der Waals surface area contributed by atoms with Crippen LogP contribution in [0, 0.1) is 13.8 Å². The number of hydrogen-bond acceptors (Lipinski definition) is 3. The van der Waals surface area contributed by atoms with E-state index >= 15 is 0 Å². The summed E-state index contributed by atoms with van der Waals surface area (Å²) in [6.45, 7) is 5.37. The molecule has 24 heavy (non-hydrogen) atoms. The summed E-state index contributed by atoms with van der Waals surface area (Å²) in [5.74, 6) is -0.772. The first kappa shape index (κ1) is 18.0. The molecular formula is C18H19ClN2O3. The van der Waals surface area contributed by atoms with Crippen LogP contribution in [0.4, 0.5) is 5.69 Å². The average molecular weight is 347 g/mol. The van der Waals surface area contributed by atoms with Crippen molar-refractivity contribution in [1.82, 2.24) is 5.48 Å². The number of amides is 2. The highest BCUT2D eigenvalue weighted by molar-refractivity contribution is 6.30. The topological polar surface area (TPSA) is 67.4 Å². The molecular weight excluding hydrogens is 328 g/mol. The number of hydrogen-bond donors (Lipinski definition) is 2. The fraction of sp³-hybridized carbons (Fsp3) is 0.222. The van der Waals surface area contributed by atoms with Gasteiger partial charge >= 0.3 is 0 Å². The van der Waals surface area contributed by atoms with E-state index in [9.17, 15) is 9.59 Å². The zero-order valence-electron chi connectivity index (χ0n) is 13.7. The van der Waals surface area contributed by atoms with E-state index in [0.717, 1.165) is 11.1 Å². The number of nitrogens with one attached hydrogen (secondary N) is 2. The molecule has 2 aromatic rings. The summed E-state index contributed by atoms with van der Waals surface area (Å²) in [6.07, 6.45) is -0.851. The maximum atomic E-state index is 12.1. The quantitative estimate of drug-likeness (QED) is 0.812. The molecule has 0 aliphatic carbocycles. The van der Waals surface area contributed by atoms with Crippen molar-refractivity contribution < 1.29 is 14.4 Å². The van der Waals surface area contributed by atoms with Crippen molar-refractivity contribution in [2.24, 2.45) is 0 Å². The van der Waals surface area contributed by atoms with Gasteiger partial charge in [0.25, 0.3) is 11.8 Å². The Morgan fingerprint density at radius 2 is 1.62 bits per heavy atom. The van der Waals surface area contributed by atoms with E-state index in [1.807, 2.05) is 19.9 Å². The molecule has 1 atom stereocenters. The third kappa shape index (κ3) is 5.08. The number of carbonyl (C=O) groups is 2. The Labute approximate surface area is 145 Å². The van der Waals surface area contributed by atoms with Gasteiger partial charge in [-0.25, -0.2) is 5.48 Å². The van der Waals surface area contributed by atoms with Crippen molar-refractivity contribution in [1.29, 1.82) is 0 Å². The fourth-order valence-corrected chi connectivity index (χ4v) is 2.26. The molecule has 0 heterocycles. The number of anilines is 1. The van der Waals surface area contributed by atoms with E-state index in [-0.39, 0.29) is 5.91 Å². The first-order chi connectivity index (χ1) is 11.3. The maximum absolute atomic E-state index is 12.1. The van der Waals surface area contributed by atoms with Gasteiger partial charge in [0, 0.05) is 16.3 Å². The van der Waals surface area contributed by atoms with Crippen LogP contribution in [0.2, 0.25) is 5.02 Å². The second kappa shape index (κ2) is 7.95. The number of aryl methyl sites for hydroxylation is 2. The van der Waals surface area contributed by atoms with Crippen LogP contribution < -0.4 is 10.8 Å². The van der Waals surface area contributed by atoms with Gasteiger partial charge < -0.3 is 5.32 Å². The Hall–Kier alpha value is -2.37.